The summed E-state index contributed by atoms with van der Waals surface area (Å²) in [6.07, 6.45) is 10.0. The molecule has 2 aromatic rings. The van der Waals surface area contributed by atoms with Crippen molar-refractivity contribution in [3.63, 3.8) is 0 Å². The molecule has 0 atom stereocenters. The van der Waals surface area contributed by atoms with Gasteiger partial charge in [0.1, 0.15) is 5.75 Å². The molecule has 0 bridgehead atoms. The molecule has 0 radical (unpaired) electrons. The standard InChI is InChI=1S/C23H28F2O/c1-3-5-6-16-7-9-18(10-8-16)19-13-14-21-20(15-19)12-11-17(4-2)22(21)26-23(24)25/h3,11-16,18,23H,1,4-10H2,2H3. The molecule has 0 amide bonds. The molecule has 1 fully saturated rings. The molecule has 140 valence electrons. The van der Waals surface area contributed by atoms with Crippen molar-refractivity contribution in [3.8, 4) is 5.75 Å². The van der Waals surface area contributed by atoms with Crippen LogP contribution < -0.4 is 4.74 Å². The number of aryl methyl sites for hydroxylation is 1. The Kier molecular flexibility index (Phi) is 6.29. The first-order valence-corrected chi connectivity index (χ1v) is 9.73. The molecule has 1 saturated carbocycles. The predicted octanol–water partition coefficient (Wildman–Crippen LogP) is 7.24. The minimum absolute atomic E-state index is 0.333. The molecular formula is C23H28F2O. The largest absolute Gasteiger partial charge is 0.434 e. The predicted molar refractivity (Wildman–Crippen MR) is 104 cm³/mol. The Hall–Kier alpha value is -1.90. The van der Waals surface area contributed by atoms with E-state index in [0.29, 0.717) is 18.1 Å². The first-order valence-electron chi connectivity index (χ1n) is 9.73. The number of alkyl halides is 2. The zero-order valence-electron chi connectivity index (χ0n) is 15.5. The third-order valence-corrected chi connectivity index (χ3v) is 5.76. The SMILES string of the molecule is C=CCCC1CCC(c2ccc3c(OC(F)F)c(CC)ccc3c2)CC1. The van der Waals surface area contributed by atoms with Gasteiger partial charge in [-0.1, -0.05) is 43.3 Å². The van der Waals surface area contributed by atoms with Crippen molar-refractivity contribution in [2.24, 2.45) is 5.92 Å². The van der Waals surface area contributed by atoms with Gasteiger partial charge in [-0.2, -0.15) is 8.78 Å². The highest BCUT2D eigenvalue weighted by atomic mass is 19.3. The van der Waals surface area contributed by atoms with E-state index in [1.165, 1.54) is 37.7 Å². The molecule has 26 heavy (non-hydrogen) atoms. The average Bonchev–Trinajstić information content (AvgIpc) is 2.66. The lowest BCUT2D eigenvalue weighted by Crippen LogP contribution is -2.13. The van der Waals surface area contributed by atoms with Crippen LogP contribution in [0.25, 0.3) is 10.8 Å². The van der Waals surface area contributed by atoms with E-state index in [-0.39, 0.29) is 0 Å². The summed E-state index contributed by atoms with van der Waals surface area (Å²) >= 11 is 0. The molecule has 0 aromatic heterocycles. The van der Waals surface area contributed by atoms with Gasteiger partial charge in [0.2, 0.25) is 0 Å². The Morgan fingerprint density at radius 1 is 1.15 bits per heavy atom. The molecule has 2 aromatic carbocycles. The summed E-state index contributed by atoms with van der Waals surface area (Å²) < 4.78 is 30.5. The van der Waals surface area contributed by atoms with E-state index >= 15 is 0 Å². The lowest BCUT2D eigenvalue weighted by atomic mass is 9.77. The monoisotopic (exact) mass is 358 g/mol. The van der Waals surface area contributed by atoms with Crippen LogP contribution in [0.15, 0.2) is 43.0 Å². The first kappa shape index (κ1) is 18.9. The minimum Gasteiger partial charge on any atom is -0.434 e. The van der Waals surface area contributed by atoms with Crippen LogP contribution in [0.4, 0.5) is 8.78 Å². The fourth-order valence-electron chi connectivity index (χ4n) is 4.26. The van der Waals surface area contributed by atoms with Gasteiger partial charge in [-0.05, 0) is 73.3 Å². The van der Waals surface area contributed by atoms with E-state index in [1.54, 1.807) is 0 Å². The fraction of sp³-hybridized carbons (Fsp3) is 0.478. The van der Waals surface area contributed by atoms with Crippen molar-refractivity contribution >= 4 is 10.8 Å². The second-order valence-corrected chi connectivity index (χ2v) is 7.35. The first-order chi connectivity index (χ1) is 12.6. The highest BCUT2D eigenvalue weighted by molar-refractivity contribution is 5.90. The van der Waals surface area contributed by atoms with E-state index in [1.807, 2.05) is 31.2 Å². The van der Waals surface area contributed by atoms with Gasteiger partial charge in [-0.15, -0.1) is 6.58 Å². The molecule has 1 aliphatic rings. The van der Waals surface area contributed by atoms with E-state index in [4.69, 9.17) is 4.74 Å². The summed E-state index contributed by atoms with van der Waals surface area (Å²) in [6, 6.07) is 10.2. The minimum atomic E-state index is -2.79. The fourth-order valence-corrected chi connectivity index (χ4v) is 4.26. The Balaban J connectivity index is 1.81. The Morgan fingerprint density at radius 3 is 2.58 bits per heavy atom. The summed E-state index contributed by atoms with van der Waals surface area (Å²) in [5.41, 5.74) is 2.15. The van der Waals surface area contributed by atoms with E-state index in [9.17, 15) is 8.78 Å². The molecule has 1 nitrogen and oxygen atoms in total. The number of halogens is 2. The number of allylic oxidation sites excluding steroid dienone is 1. The Morgan fingerprint density at radius 2 is 1.92 bits per heavy atom. The molecule has 0 N–H and O–H groups in total. The quantitative estimate of drug-likeness (QED) is 0.474. The molecule has 3 rings (SSSR count). The van der Waals surface area contributed by atoms with Gasteiger partial charge in [-0.25, -0.2) is 0 Å². The molecular weight excluding hydrogens is 330 g/mol. The number of benzene rings is 2. The van der Waals surface area contributed by atoms with E-state index in [0.717, 1.165) is 28.7 Å². The lowest BCUT2D eigenvalue weighted by molar-refractivity contribution is -0.0493. The van der Waals surface area contributed by atoms with Gasteiger partial charge in [0.05, 0.1) is 0 Å². The Labute approximate surface area is 155 Å². The zero-order valence-corrected chi connectivity index (χ0v) is 15.5. The normalized spacial score (nSPS) is 20.5. The van der Waals surface area contributed by atoms with Crippen LogP contribution in [0.5, 0.6) is 5.75 Å². The van der Waals surface area contributed by atoms with E-state index < -0.39 is 6.61 Å². The highest BCUT2D eigenvalue weighted by Crippen LogP contribution is 2.40. The summed E-state index contributed by atoms with van der Waals surface area (Å²) in [7, 11) is 0. The summed E-state index contributed by atoms with van der Waals surface area (Å²) in [5, 5.41) is 1.78. The summed E-state index contributed by atoms with van der Waals surface area (Å²) in [4.78, 5) is 0. The molecule has 0 heterocycles. The van der Waals surface area contributed by atoms with Gasteiger partial charge < -0.3 is 4.74 Å². The smallest absolute Gasteiger partial charge is 0.387 e. The maximum absolute atomic E-state index is 12.8. The van der Waals surface area contributed by atoms with Crippen LogP contribution >= 0.6 is 0 Å². The van der Waals surface area contributed by atoms with E-state index in [2.05, 4.69) is 18.7 Å². The van der Waals surface area contributed by atoms with Gasteiger partial charge in [0.15, 0.2) is 0 Å². The second kappa shape index (κ2) is 8.66. The van der Waals surface area contributed by atoms with Crippen molar-refractivity contribution in [2.45, 2.75) is 64.4 Å². The lowest BCUT2D eigenvalue weighted by Gasteiger charge is -2.29. The van der Waals surface area contributed by atoms with Crippen LogP contribution in [0.1, 0.15) is 62.5 Å². The third-order valence-electron chi connectivity index (χ3n) is 5.76. The van der Waals surface area contributed by atoms with Crippen LogP contribution in [-0.4, -0.2) is 6.61 Å². The summed E-state index contributed by atoms with van der Waals surface area (Å²) in [5.74, 6) is 1.73. The maximum Gasteiger partial charge on any atom is 0.387 e. The molecule has 0 saturated heterocycles. The second-order valence-electron chi connectivity index (χ2n) is 7.35. The summed E-state index contributed by atoms with van der Waals surface area (Å²) in [6.45, 7) is 2.98. The maximum atomic E-state index is 12.8. The Bertz CT molecular complexity index is 745. The molecule has 1 aliphatic carbocycles. The van der Waals surface area contributed by atoms with Crippen molar-refractivity contribution in [1.29, 1.82) is 0 Å². The van der Waals surface area contributed by atoms with Crippen molar-refractivity contribution in [3.05, 3.63) is 54.1 Å². The van der Waals surface area contributed by atoms with Gasteiger partial charge in [0, 0.05) is 5.39 Å². The van der Waals surface area contributed by atoms with Gasteiger partial charge >= 0.3 is 6.61 Å². The highest BCUT2D eigenvalue weighted by Gasteiger charge is 2.22. The average molecular weight is 358 g/mol. The van der Waals surface area contributed by atoms with Crippen molar-refractivity contribution < 1.29 is 13.5 Å². The van der Waals surface area contributed by atoms with Crippen molar-refractivity contribution in [2.75, 3.05) is 0 Å². The number of hydrogen-bond acceptors (Lipinski definition) is 1. The zero-order chi connectivity index (χ0) is 18.5. The number of rotatable bonds is 7. The molecule has 0 spiro atoms. The number of hydrogen-bond donors (Lipinski definition) is 0. The number of ether oxygens (including phenoxy) is 1. The van der Waals surface area contributed by atoms with Crippen LogP contribution in [0.2, 0.25) is 0 Å². The topological polar surface area (TPSA) is 9.23 Å². The molecule has 0 unspecified atom stereocenters. The molecule has 3 heteroatoms. The van der Waals surface area contributed by atoms with Crippen LogP contribution in [-0.2, 0) is 6.42 Å². The van der Waals surface area contributed by atoms with Gasteiger partial charge in [0.25, 0.3) is 0 Å². The molecule has 0 aliphatic heterocycles. The van der Waals surface area contributed by atoms with Crippen LogP contribution in [0.3, 0.4) is 0 Å². The number of fused-ring (bicyclic) bond motifs is 1. The third kappa shape index (κ3) is 4.25. The van der Waals surface area contributed by atoms with Gasteiger partial charge in [-0.3, -0.25) is 0 Å². The van der Waals surface area contributed by atoms with Crippen molar-refractivity contribution in [1.82, 2.24) is 0 Å². The van der Waals surface area contributed by atoms with Crippen LogP contribution in [0, 0.1) is 5.92 Å².